The molecule has 1 aromatic rings. The first kappa shape index (κ1) is 12.8. The molecule has 1 aliphatic carbocycles. The number of aromatic nitrogens is 1. The molecule has 0 atom stereocenters. The largest absolute Gasteiger partial charge is 0.396 e. The lowest BCUT2D eigenvalue weighted by atomic mass is 10.1. The van der Waals surface area contributed by atoms with Gasteiger partial charge in [0.2, 0.25) is 0 Å². The number of carbonyl (C=O) groups is 2. The monoisotopic (exact) mass is 250 g/mol. The Labute approximate surface area is 106 Å². The normalized spacial score (nSPS) is 16.4. The van der Waals surface area contributed by atoms with Crippen LogP contribution in [0.5, 0.6) is 0 Å². The molecular formula is C13H18N2O3. The fourth-order valence-corrected chi connectivity index (χ4v) is 1.91. The van der Waals surface area contributed by atoms with Crippen molar-refractivity contribution >= 4 is 11.7 Å². The van der Waals surface area contributed by atoms with Crippen molar-refractivity contribution in [2.75, 3.05) is 13.2 Å². The highest BCUT2D eigenvalue weighted by atomic mass is 16.3. The summed E-state index contributed by atoms with van der Waals surface area (Å²) in [5, 5.41) is 12.0. The Morgan fingerprint density at radius 3 is 2.61 bits per heavy atom. The molecule has 1 saturated carbocycles. The number of ketones is 1. The molecule has 2 rings (SSSR count). The second-order valence-corrected chi connectivity index (χ2v) is 5.12. The summed E-state index contributed by atoms with van der Waals surface area (Å²) in [5.74, 6) is -0.261. The van der Waals surface area contributed by atoms with Crippen LogP contribution in [0.2, 0.25) is 0 Å². The van der Waals surface area contributed by atoms with Crippen molar-refractivity contribution in [2.45, 2.75) is 19.8 Å². The molecular weight excluding hydrogens is 232 g/mol. The molecule has 2 N–H and O–H groups in total. The van der Waals surface area contributed by atoms with Crippen molar-refractivity contribution in [1.29, 1.82) is 0 Å². The lowest BCUT2D eigenvalue weighted by Gasteiger charge is -2.12. The van der Waals surface area contributed by atoms with Gasteiger partial charge in [-0.05, 0) is 25.8 Å². The van der Waals surface area contributed by atoms with Gasteiger partial charge in [0, 0.05) is 30.8 Å². The number of aliphatic hydroxyl groups excluding tert-OH is 1. The molecule has 1 amide bonds. The van der Waals surface area contributed by atoms with Crippen LogP contribution >= 0.6 is 0 Å². The number of carbonyl (C=O) groups excluding carboxylic acids is 2. The van der Waals surface area contributed by atoms with E-state index in [1.165, 1.54) is 6.92 Å². The Morgan fingerprint density at radius 2 is 2.17 bits per heavy atom. The maximum Gasteiger partial charge on any atom is 0.267 e. The minimum Gasteiger partial charge on any atom is -0.396 e. The van der Waals surface area contributed by atoms with E-state index in [1.807, 2.05) is 0 Å². The van der Waals surface area contributed by atoms with Crippen LogP contribution in [-0.4, -0.2) is 34.5 Å². The first-order valence-corrected chi connectivity index (χ1v) is 6.04. The van der Waals surface area contributed by atoms with Crippen LogP contribution < -0.4 is 5.32 Å². The molecule has 0 aliphatic heterocycles. The van der Waals surface area contributed by atoms with Crippen LogP contribution in [0.15, 0.2) is 12.3 Å². The molecule has 1 aromatic heterocycles. The highest BCUT2D eigenvalue weighted by Gasteiger charge is 2.42. The zero-order valence-corrected chi connectivity index (χ0v) is 10.7. The molecule has 0 spiro atoms. The molecule has 98 valence electrons. The number of nitrogens with zero attached hydrogens (tertiary/aromatic N) is 1. The van der Waals surface area contributed by atoms with Crippen molar-refractivity contribution in [1.82, 2.24) is 9.88 Å². The molecule has 0 saturated heterocycles. The Balaban J connectivity index is 2.02. The SMILES string of the molecule is CC(=O)c1cc(C(=O)NCC2(CO)CC2)n(C)c1. The van der Waals surface area contributed by atoms with E-state index in [4.69, 9.17) is 0 Å². The van der Waals surface area contributed by atoms with E-state index in [2.05, 4.69) is 5.32 Å². The van der Waals surface area contributed by atoms with Gasteiger partial charge in [-0.3, -0.25) is 9.59 Å². The van der Waals surface area contributed by atoms with Gasteiger partial charge in [-0.1, -0.05) is 0 Å². The standard InChI is InChI=1S/C13H18N2O3/c1-9(17)10-5-11(15(2)6-10)12(18)14-7-13(8-16)3-4-13/h5-6,16H,3-4,7-8H2,1-2H3,(H,14,18). The van der Waals surface area contributed by atoms with Crippen LogP contribution in [-0.2, 0) is 7.05 Å². The summed E-state index contributed by atoms with van der Waals surface area (Å²) in [4.78, 5) is 23.2. The summed E-state index contributed by atoms with van der Waals surface area (Å²) in [5.41, 5.74) is 0.893. The Kier molecular flexibility index (Phi) is 3.26. The number of amides is 1. The summed E-state index contributed by atoms with van der Waals surface area (Å²) in [6.45, 7) is 2.07. The van der Waals surface area contributed by atoms with Crippen molar-refractivity contribution in [2.24, 2.45) is 12.5 Å². The Hall–Kier alpha value is -1.62. The van der Waals surface area contributed by atoms with E-state index in [0.717, 1.165) is 12.8 Å². The smallest absolute Gasteiger partial charge is 0.267 e. The topological polar surface area (TPSA) is 71.3 Å². The Bertz CT molecular complexity index is 486. The summed E-state index contributed by atoms with van der Waals surface area (Å²) < 4.78 is 1.64. The molecule has 0 aromatic carbocycles. The number of nitrogens with one attached hydrogen (secondary N) is 1. The Morgan fingerprint density at radius 1 is 1.50 bits per heavy atom. The molecule has 1 fully saturated rings. The number of aliphatic hydroxyl groups is 1. The molecule has 1 aliphatic rings. The number of aryl methyl sites for hydroxylation is 1. The molecule has 1 heterocycles. The van der Waals surface area contributed by atoms with Crippen molar-refractivity contribution in [3.8, 4) is 0 Å². The average Bonchev–Trinajstić information content (AvgIpc) is 3.02. The quantitative estimate of drug-likeness (QED) is 0.757. The van der Waals surface area contributed by atoms with E-state index in [9.17, 15) is 14.7 Å². The first-order valence-electron chi connectivity index (χ1n) is 6.04. The van der Waals surface area contributed by atoms with Gasteiger partial charge in [-0.2, -0.15) is 0 Å². The van der Waals surface area contributed by atoms with Gasteiger partial charge in [0.1, 0.15) is 5.69 Å². The highest BCUT2D eigenvalue weighted by molar-refractivity contribution is 5.99. The van der Waals surface area contributed by atoms with Crippen LogP contribution in [0.1, 0.15) is 40.6 Å². The first-order chi connectivity index (χ1) is 8.47. The van der Waals surface area contributed by atoms with E-state index >= 15 is 0 Å². The van der Waals surface area contributed by atoms with Crippen molar-refractivity contribution < 1.29 is 14.7 Å². The van der Waals surface area contributed by atoms with Crippen LogP contribution in [0.4, 0.5) is 0 Å². The third-order valence-electron chi connectivity index (χ3n) is 3.56. The van der Waals surface area contributed by atoms with Crippen molar-refractivity contribution in [3.05, 3.63) is 23.5 Å². The van der Waals surface area contributed by atoms with Gasteiger partial charge in [-0.25, -0.2) is 0 Å². The number of hydrogen-bond donors (Lipinski definition) is 2. The summed E-state index contributed by atoms with van der Waals surface area (Å²) in [6, 6.07) is 1.59. The van der Waals surface area contributed by atoms with Crippen LogP contribution in [0.25, 0.3) is 0 Å². The zero-order valence-electron chi connectivity index (χ0n) is 10.7. The summed E-state index contributed by atoms with van der Waals surface area (Å²) in [6.07, 6.45) is 3.56. The number of hydrogen-bond acceptors (Lipinski definition) is 3. The fourth-order valence-electron chi connectivity index (χ4n) is 1.91. The molecule has 5 nitrogen and oxygen atoms in total. The summed E-state index contributed by atoms with van der Waals surface area (Å²) >= 11 is 0. The van der Waals surface area contributed by atoms with E-state index in [0.29, 0.717) is 17.8 Å². The molecule has 18 heavy (non-hydrogen) atoms. The molecule has 0 radical (unpaired) electrons. The lowest BCUT2D eigenvalue weighted by molar-refractivity contribution is 0.0927. The second kappa shape index (κ2) is 4.57. The molecule has 0 unspecified atom stereocenters. The highest BCUT2D eigenvalue weighted by Crippen LogP contribution is 2.44. The maximum atomic E-state index is 12.0. The predicted molar refractivity (Wildman–Crippen MR) is 66.5 cm³/mol. The van der Waals surface area contributed by atoms with Crippen molar-refractivity contribution in [3.63, 3.8) is 0 Å². The lowest BCUT2D eigenvalue weighted by Crippen LogP contribution is -2.32. The average molecular weight is 250 g/mol. The third kappa shape index (κ3) is 2.46. The van der Waals surface area contributed by atoms with E-state index in [-0.39, 0.29) is 23.7 Å². The van der Waals surface area contributed by atoms with Gasteiger partial charge < -0.3 is 15.0 Å². The predicted octanol–water partition coefficient (Wildman–Crippen LogP) is 0.730. The number of Topliss-reactive ketones (excluding diaryl/α,β-unsaturated/α-hetero) is 1. The van der Waals surface area contributed by atoms with Crippen LogP contribution in [0, 0.1) is 5.41 Å². The molecule has 5 heteroatoms. The zero-order chi connectivity index (χ0) is 13.3. The van der Waals surface area contributed by atoms with Gasteiger partial charge in [0.25, 0.3) is 5.91 Å². The minimum absolute atomic E-state index is 0.0568. The van der Waals surface area contributed by atoms with Crippen LogP contribution in [0.3, 0.4) is 0 Å². The minimum atomic E-state index is -0.204. The van der Waals surface area contributed by atoms with E-state index < -0.39 is 0 Å². The van der Waals surface area contributed by atoms with Gasteiger partial charge in [0.05, 0.1) is 6.61 Å². The molecule has 0 bridgehead atoms. The maximum absolute atomic E-state index is 12.0. The van der Waals surface area contributed by atoms with Gasteiger partial charge in [-0.15, -0.1) is 0 Å². The summed E-state index contributed by atoms with van der Waals surface area (Å²) in [7, 11) is 1.74. The second-order valence-electron chi connectivity index (χ2n) is 5.12. The van der Waals surface area contributed by atoms with Gasteiger partial charge >= 0.3 is 0 Å². The number of rotatable bonds is 5. The van der Waals surface area contributed by atoms with E-state index in [1.54, 1.807) is 23.9 Å². The van der Waals surface area contributed by atoms with Gasteiger partial charge in [0.15, 0.2) is 5.78 Å². The fraction of sp³-hybridized carbons (Fsp3) is 0.538. The third-order valence-corrected chi connectivity index (χ3v) is 3.56.